The highest BCUT2D eigenvalue weighted by atomic mass is 16.6. The molecule has 0 unspecified atom stereocenters. The van der Waals surface area contributed by atoms with E-state index >= 15 is 0 Å². The first-order valence-corrected chi connectivity index (χ1v) is 4.29. The average molecular weight is 198 g/mol. The highest BCUT2D eigenvalue weighted by molar-refractivity contribution is 5.82. The van der Waals surface area contributed by atoms with Gasteiger partial charge in [-0.05, 0) is 13.8 Å². The smallest absolute Gasteiger partial charge is 0.330 e. The molecule has 0 spiro atoms. The molecule has 0 aliphatic carbocycles. The third kappa shape index (κ3) is 7.09. The molecule has 0 saturated heterocycles. The van der Waals surface area contributed by atoms with Gasteiger partial charge in [0.2, 0.25) is 0 Å². The molecule has 0 atom stereocenters. The number of rotatable bonds is 5. The summed E-state index contributed by atoms with van der Waals surface area (Å²) in [5, 5.41) is 0. The standard InChI is InChI=1S/C10H14O4/c1-3-5-9(11)13-7-8-14-10(12)6-4-2/h3-6H,7-8H2,1-2H3/b5-3-,6-4-. The van der Waals surface area contributed by atoms with E-state index in [9.17, 15) is 9.59 Å². The predicted octanol–water partition coefficient (Wildman–Crippen LogP) is 1.22. The Morgan fingerprint density at radius 2 is 1.29 bits per heavy atom. The Morgan fingerprint density at radius 3 is 1.57 bits per heavy atom. The Kier molecular flexibility index (Phi) is 7.13. The number of carbonyl (C=O) groups excluding carboxylic acids is 2. The van der Waals surface area contributed by atoms with Crippen molar-refractivity contribution in [3.63, 3.8) is 0 Å². The average Bonchev–Trinajstić information content (AvgIpc) is 2.13. The fourth-order valence-electron chi connectivity index (χ4n) is 0.653. The largest absolute Gasteiger partial charge is 0.459 e. The minimum Gasteiger partial charge on any atom is -0.459 e. The maximum Gasteiger partial charge on any atom is 0.330 e. The van der Waals surface area contributed by atoms with Crippen LogP contribution in [0, 0.1) is 0 Å². The van der Waals surface area contributed by atoms with Crippen molar-refractivity contribution < 1.29 is 19.1 Å². The van der Waals surface area contributed by atoms with Crippen LogP contribution < -0.4 is 0 Å². The zero-order valence-electron chi connectivity index (χ0n) is 8.36. The lowest BCUT2D eigenvalue weighted by Crippen LogP contribution is -2.11. The predicted molar refractivity (Wildman–Crippen MR) is 51.5 cm³/mol. The lowest BCUT2D eigenvalue weighted by molar-refractivity contribution is -0.146. The van der Waals surface area contributed by atoms with E-state index in [0.29, 0.717) is 0 Å². The van der Waals surface area contributed by atoms with Crippen molar-refractivity contribution in [3.8, 4) is 0 Å². The number of esters is 2. The van der Waals surface area contributed by atoms with Crippen molar-refractivity contribution in [1.82, 2.24) is 0 Å². The van der Waals surface area contributed by atoms with Gasteiger partial charge in [0.25, 0.3) is 0 Å². The molecule has 0 bridgehead atoms. The topological polar surface area (TPSA) is 52.6 Å². The Morgan fingerprint density at radius 1 is 0.929 bits per heavy atom. The van der Waals surface area contributed by atoms with Crippen LogP contribution in [0.1, 0.15) is 13.8 Å². The molecule has 0 aliphatic heterocycles. The summed E-state index contributed by atoms with van der Waals surface area (Å²) in [6.07, 6.45) is 5.75. The van der Waals surface area contributed by atoms with E-state index in [0.717, 1.165) is 0 Å². The lowest BCUT2D eigenvalue weighted by atomic mass is 10.5. The number of hydrogen-bond acceptors (Lipinski definition) is 4. The summed E-state index contributed by atoms with van der Waals surface area (Å²) in [6.45, 7) is 3.58. The fraction of sp³-hybridized carbons (Fsp3) is 0.400. The van der Waals surface area contributed by atoms with E-state index in [-0.39, 0.29) is 13.2 Å². The number of allylic oxidation sites excluding steroid dienone is 2. The van der Waals surface area contributed by atoms with E-state index in [4.69, 9.17) is 0 Å². The number of hydrogen-bond donors (Lipinski definition) is 0. The molecule has 0 heterocycles. The molecule has 0 saturated carbocycles. The molecule has 0 aliphatic rings. The van der Waals surface area contributed by atoms with Gasteiger partial charge in [0.05, 0.1) is 0 Å². The molecular weight excluding hydrogens is 184 g/mol. The van der Waals surface area contributed by atoms with Crippen molar-refractivity contribution in [2.45, 2.75) is 13.8 Å². The van der Waals surface area contributed by atoms with Crippen LogP contribution in [0.2, 0.25) is 0 Å². The van der Waals surface area contributed by atoms with Gasteiger partial charge in [-0.3, -0.25) is 0 Å². The Bertz CT molecular complexity index is 215. The molecule has 14 heavy (non-hydrogen) atoms. The molecule has 0 N–H and O–H groups in total. The second-order valence-corrected chi connectivity index (χ2v) is 2.33. The van der Waals surface area contributed by atoms with Crippen LogP contribution in [0.5, 0.6) is 0 Å². The van der Waals surface area contributed by atoms with Gasteiger partial charge in [0.1, 0.15) is 13.2 Å². The van der Waals surface area contributed by atoms with Gasteiger partial charge < -0.3 is 9.47 Å². The molecule has 0 amide bonds. The molecule has 4 heteroatoms. The van der Waals surface area contributed by atoms with E-state index in [2.05, 4.69) is 9.47 Å². The van der Waals surface area contributed by atoms with Gasteiger partial charge in [0, 0.05) is 12.2 Å². The van der Waals surface area contributed by atoms with Crippen molar-refractivity contribution in [1.29, 1.82) is 0 Å². The van der Waals surface area contributed by atoms with Crippen molar-refractivity contribution in [2.24, 2.45) is 0 Å². The number of carbonyl (C=O) groups is 2. The molecule has 0 aromatic rings. The monoisotopic (exact) mass is 198 g/mol. The summed E-state index contributed by atoms with van der Waals surface area (Å²) in [6, 6.07) is 0. The Hall–Kier alpha value is -1.58. The molecule has 4 nitrogen and oxygen atoms in total. The van der Waals surface area contributed by atoms with Crippen molar-refractivity contribution >= 4 is 11.9 Å². The SMILES string of the molecule is C/C=C\C(=O)OCCOC(=O)/C=C\C. The minimum atomic E-state index is -0.436. The summed E-state index contributed by atoms with van der Waals surface area (Å²) in [5.41, 5.74) is 0. The molecule has 0 radical (unpaired) electrons. The Balaban J connectivity index is 3.47. The van der Waals surface area contributed by atoms with Crippen LogP contribution in [-0.4, -0.2) is 25.2 Å². The minimum absolute atomic E-state index is 0.0759. The summed E-state index contributed by atoms with van der Waals surface area (Å²) >= 11 is 0. The summed E-state index contributed by atoms with van der Waals surface area (Å²) in [7, 11) is 0. The van der Waals surface area contributed by atoms with Crippen LogP contribution in [0.3, 0.4) is 0 Å². The van der Waals surface area contributed by atoms with Gasteiger partial charge in [-0.25, -0.2) is 9.59 Å². The first kappa shape index (κ1) is 12.4. The maximum atomic E-state index is 10.7. The van der Waals surface area contributed by atoms with Gasteiger partial charge in [-0.15, -0.1) is 0 Å². The second kappa shape index (κ2) is 8.04. The van der Waals surface area contributed by atoms with Gasteiger partial charge >= 0.3 is 11.9 Å². The maximum absolute atomic E-state index is 10.7. The summed E-state index contributed by atoms with van der Waals surface area (Å²) in [4.78, 5) is 21.5. The summed E-state index contributed by atoms with van der Waals surface area (Å²) < 4.78 is 9.37. The van der Waals surface area contributed by atoms with Crippen LogP contribution in [0.25, 0.3) is 0 Å². The molecular formula is C10H14O4. The molecule has 0 fully saturated rings. The molecule has 0 aromatic carbocycles. The quantitative estimate of drug-likeness (QED) is 0.378. The molecule has 0 rings (SSSR count). The van der Waals surface area contributed by atoms with Crippen molar-refractivity contribution in [2.75, 3.05) is 13.2 Å². The van der Waals surface area contributed by atoms with Crippen LogP contribution in [0.4, 0.5) is 0 Å². The van der Waals surface area contributed by atoms with Crippen molar-refractivity contribution in [3.05, 3.63) is 24.3 Å². The zero-order chi connectivity index (χ0) is 10.8. The Labute approximate surface area is 83.2 Å². The van der Waals surface area contributed by atoms with E-state index < -0.39 is 11.9 Å². The highest BCUT2D eigenvalue weighted by Crippen LogP contribution is 1.85. The first-order valence-electron chi connectivity index (χ1n) is 4.29. The van der Waals surface area contributed by atoms with Crippen LogP contribution >= 0.6 is 0 Å². The van der Waals surface area contributed by atoms with E-state index in [1.807, 2.05) is 0 Å². The normalized spacial score (nSPS) is 10.7. The van der Waals surface area contributed by atoms with Gasteiger partial charge in [0.15, 0.2) is 0 Å². The van der Waals surface area contributed by atoms with E-state index in [1.54, 1.807) is 26.0 Å². The second-order valence-electron chi connectivity index (χ2n) is 2.33. The highest BCUT2D eigenvalue weighted by Gasteiger charge is 1.98. The zero-order valence-corrected chi connectivity index (χ0v) is 8.36. The third-order valence-electron chi connectivity index (χ3n) is 1.18. The fourth-order valence-corrected chi connectivity index (χ4v) is 0.653. The first-order chi connectivity index (χ1) is 6.70. The molecule has 78 valence electrons. The van der Waals surface area contributed by atoms with E-state index in [1.165, 1.54) is 12.2 Å². The molecule has 0 aromatic heterocycles. The van der Waals surface area contributed by atoms with Crippen LogP contribution in [-0.2, 0) is 19.1 Å². The lowest BCUT2D eigenvalue weighted by Gasteiger charge is -2.01. The van der Waals surface area contributed by atoms with Gasteiger partial charge in [-0.1, -0.05) is 12.2 Å². The number of ether oxygens (including phenoxy) is 2. The van der Waals surface area contributed by atoms with Crippen LogP contribution in [0.15, 0.2) is 24.3 Å². The summed E-state index contributed by atoms with van der Waals surface area (Å²) in [5.74, 6) is -0.871. The third-order valence-corrected chi connectivity index (χ3v) is 1.18. The van der Waals surface area contributed by atoms with Gasteiger partial charge in [-0.2, -0.15) is 0 Å².